The van der Waals surface area contributed by atoms with Crippen molar-refractivity contribution in [2.75, 3.05) is 31.5 Å². The van der Waals surface area contributed by atoms with Crippen molar-refractivity contribution in [1.29, 1.82) is 0 Å². The SMILES string of the molecule is [2H]C1([2H])N(NC(=O)c2nc(-c3ccc(Cl)cc3Cl)n(-c3ccc(C#Cc4cccnc4)cc3)c2OC)C([2H])([2H])C([2H])([2H])S(=O)(=O)C1([2H])[2H]. The van der Waals surface area contributed by atoms with Crippen LogP contribution in [0.15, 0.2) is 67.0 Å². The molecule has 0 radical (unpaired) electrons. The monoisotopic (exact) mass is 603 g/mol. The van der Waals surface area contributed by atoms with Crippen LogP contribution < -0.4 is 10.2 Å². The number of carbonyl (C=O) groups excluding carboxylic acids is 1. The fraction of sp³-hybridized carbons (Fsp3) is 0.179. The first-order valence-electron chi connectivity index (χ1n) is 15.3. The number of hydrazine groups is 1. The zero-order valence-electron chi connectivity index (χ0n) is 28.4. The van der Waals surface area contributed by atoms with E-state index >= 15 is 0 Å². The van der Waals surface area contributed by atoms with Crippen LogP contribution in [0.5, 0.6) is 5.88 Å². The molecule has 0 spiro atoms. The normalized spacial score (nSPS) is 22.7. The van der Waals surface area contributed by atoms with Crippen LogP contribution in [0, 0.1) is 11.8 Å². The Kier molecular flexibility index (Phi) is 5.63. The van der Waals surface area contributed by atoms with E-state index in [2.05, 4.69) is 21.8 Å². The van der Waals surface area contributed by atoms with Crippen molar-refractivity contribution in [1.82, 2.24) is 25.0 Å². The highest BCUT2D eigenvalue weighted by Crippen LogP contribution is 2.36. The number of rotatable bonds is 5. The summed E-state index contributed by atoms with van der Waals surface area (Å²) in [5.74, 6) is 4.32. The summed E-state index contributed by atoms with van der Waals surface area (Å²) in [7, 11) is -4.58. The van der Waals surface area contributed by atoms with E-state index in [9.17, 15) is 13.2 Å². The minimum absolute atomic E-state index is 0.00534. The Bertz CT molecular complexity index is 2050. The maximum Gasteiger partial charge on any atom is 0.289 e. The summed E-state index contributed by atoms with van der Waals surface area (Å²) in [6.07, 6.45) is 3.23. The van der Waals surface area contributed by atoms with Crippen LogP contribution in [-0.4, -0.2) is 65.4 Å². The topological polar surface area (TPSA) is 106 Å². The molecule has 5 rings (SSSR count). The van der Waals surface area contributed by atoms with Gasteiger partial charge in [0.1, 0.15) is 5.82 Å². The lowest BCUT2D eigenvalue weighted by Gasteiger charge is -2.26. The van der Waals surface area contributed by atoms with Crippen LogP contribution in [0.2, 0.25) is 10.0 Å². The maximum absolute atomic E-state index is 13.8. The minimum Gasteiger partial charge on any atom is -0.480 e. The van der Waals surface area contributed by atoms with E-state index in [4.69, 9.17) is 38.9 Å². The van der Waals surface area contributed by atoms with Crippen LogP contribution in [0.3, 0.4) is 0 Å². The third-order valence-corrected chi connectivity index (χ3v) is 6.62. The van der Waals surface area contributed by atoms with Crippen LogP contribution in [0.4, 0.5) is 0 Å². The highest BCUT2D eigenvalue weighted by molar-refractivity contribution is 7.91. The van der Waals surface area contributed by atoms with Gasteiger partial charge in [-0.2, -0.15) is 0 Å². The molecule has 1 aliphatic rings. The molecule has 1 N–H and O–H groups in total. The van der Waals surface area contributed by atoms with E-state index in [-0.39, 0.29) is 32.3 Å². The number of imidazole rings is 1. The minimum atomic E-state index is -5.77. The lowest BCUT2D eigenvalue weighted by Crippen LogP contribution is -2.50. The van der Waals surface area contributed by atoms with Gasteiger partial charge >= 0.3 is 0 Å². The number of hydrogen-bond acceptors (Lipinski definition) is 7. The molecule has 4 aromatic rings. The number of ether oxygens (including phenoxy) is 1. The molecule has 204 valence electrons. The first-order valence-corrected chi connectivity index (χ1v) is 13.5. The van der Waals surface area contributed by atoms with Crippen molar-refractivity contribution in [3.05, 3.63) is 93.9 Å². The number of sulfone groups is 1. The molecular weight excluding hydrogens is 573 g/mol. The first kappa shape index (κ1) is 19.2. The van der Waals surface area contributed by atoms with Crippen molar-refractivity contribution < 1.29 is 28.9 Å². The number of benzene rings is 2. The summed E-state index contributed by atoms with van der Waals surface area (Å²) in [5.41, 5.74) is -4.90. The molecule has 40 heavy (non-hydrogen) atoms. The van der Waals surface area contributed by atoms with Crippen LogP contribution in [-0.2, 0) is 9.84 Å². The zero-order valence-corrected chi connectivity index (χ0v) is 22.8. The van der Waals surface area contributed by atoms with Gasteiger partial charge in [0.25, 0.3) is 5.91 Å². The molecule has 1 aliphatic heterocycles. The quantitative estimate of drug-likeness (QED) is 0.343. The van der Waals surface area contributed by atoms with Gasteiger partial charge in [0, 0.05) is 58.1 Å². The fourth-order valence-corrected chi connectivity index (χ4v) is 4.55. The van der Waals surface area contributed by atoms with Gasteiger partial charge in [-0.3, -0.25) is 19.8 Å². The van der Waals surface area contributed by atoms with E-state index in [0.717, 1.165) is 0 Å². The van der Waals surface area contributed by atoms with Crippen molar-refractivity contribution >= 4 is 38.9 Å². The molecule has 2 aromatic heterocycles. The lowest BCUT2D eigenvalue weighted by molar-refractivity contribution is 0.0793. The van der Waals surface area contributed by atoms with Crippen molar-refractivity contribution in [2.45, 2.75) is 0 Å². The number of aromatic nitrogens is 3. The number of nitrogens with zero attached hydrogens (tertiary/aromatic N) is 4. The second-order valence-corrected chi connectivity index (χ2v) is 10.3. The zero-order chi connectivity index (χ0) is 35.4. The molecule has 1 fully saturated rings. The van der Waals surface area contributed by atoms with E-state index in [1.807, 2.05) is 5.43 Å². The molecule has 1 saturated heterocycles. The van der Waals surface area contributed by atoms with E-state index in [1.165, 1.54) is 29.9 Å². The third-order valence-electron chi connectivity index (χ3n) is 5.35. The summed E-state index contributed by atoms with van der Waals surface area (Å²) in [5, 5.41) is 0.0565. The molecular formula is C28H23Cl2N5O4S. The predicted octanol–water partition coefficient (Wildman–Crippen LogP) is 4.02. The van der Waals surface area contributed by atoms with Crippen molar-refractivity contribution in [2.24, 2.45) is 0 Å². The van der Waals surface area contributed by atoms with Crippen molar-refractivity contribution in [3.8, 4) is 34.8 Å². The summed E-state index contributed by atoms with van der Waals surface area (Å²) in [6, 6.07) is 14.6. The summed E-state index contributed by atoms with van der Waals surface area (Å²) >= 11 is 12.6. The number of hydrogen-bond donors (Lipinski definition) is 1. The van der Waals surface area contributed by atoms with Gasteiger partial charge in [-0.1, -0.05) is 35.0 Å². The third kappa shape index (κ3) is 6.13. The van der Waals surface area contributed by atoms with Gasteiger partial charge in [0.15, 0.2) is 15.5 Å². The van der Waals surface area contributed by atoms with E-state index < -0.39 is 45.8 Å². The van der Waals surface area contributed by atoms with Gasteiger partial charge in [-0.25, -0.2) is 18.4 Å². The van der Waals surface area contributed by atoms with Crippen LogP contribution in [0.1, 0.15) is 32.6 Å². The Morgan fingerprint density at radius 2 is 1.80 bits per heavy atom. The van der Waals surface area contributed by atoms with Gasteiger partial charge in [-0.05, 0) is 54.6 Å². The van der Waals surface area contributed by atoms with Crippen LogP contribution in [0.25, 0.3) is 17.1 Å². The molecule has 0 atom stereocenters. The molecule has 0 unspecified atom stereocenters. The number of pyridine rings is 1. The number of carbonyl (C=O) groups is 1. The van der Waals surface area contributed by atoms with Crippen molar-refractivity contribution in [3.63, 3.8) is 0 Å². The first-order chi connectivity index (χ1) is 22.3. The fourth-order valence-electron chi connectivity index (χ4n) is 3.58. The molecule has 0 saturated carbocycles. The Labute approximate surface area is 252 Å². The average Bonchev–Trinajstić information content (AvgIpc) is 3.41. The second-order valence-electron chi connectivity index (χ2n) is 8.00. The summed E-state index contributed by atoms with van der Waals surface area (Å²) in [4.78, 5) is 22.2. The molecule has 9 nitrogen and oxygen atoms in total. The molecule has 3 heterocycles. The summed E-state index contributed by atoms with van der Waals surface area (Å²) < 4.78 is 97.0. The number of nitrogens with one attached hydrogen (secondary N) is 1. The molecule has 2 aromatic carbocycles. The standard InChI is InChI=1S/C28H23Cl2N5O4S/c1-39-28-25(27(36)33-34-13-15-40(37,38)16-14-34)32-26(23-11-8-21(29)17-24(23)30)35(28)22-9-6-19(7-10-22)4-5-20-3-2-12-31-18-20/h2-3,6-12,17-18H,13-16H2,1H3,(H,33,36)/i13D2,14D2,15D2,16D2. The Hall–Kier alpha value is -3.88. The second kappa shape index (κ2) is 11.7. The van der Waals surface area contributed by atoms with E-state index in [0.29, 0.717) is 16.8 Å². The Balaban J connectivity index is 1.64. The highest BCUT2D eigenvalue weighted by Gasteiger charge is 2.29. The molecule has 1 amide bonds. The molecule has 0 aliphatic carbocycles. The molecule has 0 bridgehead atoms. The lowest BCUT2D eigenvalue weighted by atomic mass is 10.1. The van der Waals surface area contributed by atoms with Gasteiger partial charge < -0.3 is 4.74 Å². The van der Waals surface area contributed by atoms with Gasteiger partial charge in [-0.15, -0.1) is 0 Å². The van der Waals surface area contributed by atoms with E-state index in [1.54, 1.807) is 48.8 Å². The number of amides is 1. The number of halogens is 2. The largest absolute Gasteiger partial charge is 0.480 e. The maximum atomic E-state index is 13.8. The predicted molar refractivity (Wildman–Crippen MR) is 153 cm³/mol. The smallest absolute Gasteiger partial charge is 0.289 e. The van der Waals surface area contributed by atoms with Crippen LogP contribution >= 0.6 is 23.2 Å². The molecule has 12 heteroatoms. The average molecular weight is 605 g/mol. The Morgan fingerprint density at radius 3 is 2.45 bits per heavy atom. The van der Waals surface area contributed by atoms with Gasteiger partial charge in [0.05, 0.1) is 29.2 Å². The van der Waals surface area contributed by atoms with Gasteiger partial charge in [0.2, 0.25) is 5.88 Å². The highest BCUT2D eigenvalue weighted by atomic mass is 35.5. The number of methoxy groups -OCH3 is 1. The Morgan fingerprint density at radius 1 is 1.07 bits per heavy atom. The summed E-state index contributed by atoms with van der Waals surface area (Å²) in [6.45, 7) is -7.64.